The summed E-state index contributed by atoms with van der Waals surface area (Å²) in [5.74, 6) is -0.209. The van der Waals surface area contributed by atoms with Gasteiger partial charge in [0, 0.05) is 29.7 Å². The molecule has 2 aromatic carbocycles. The van der Waals surface area contributed by atoms with Crippen molar-refractivity contribution in [1.29, 1.82) is 0 Å². The molecule has 0 atom stereocenters. The summed E-state index contributed by atoms with van der Waals surface area (Å²) in [5.41, 5.74) is 1.27. The molecule has 3 rings (SSSR count). The van der Waals surface area contributed by atoms with Gasteiger partial charge in [0.2, 0.25) is 0 Å². The summed E-state index contributed by atoms with van der Waals surface area (Å²) < 4.78 is 10.4. The maximum absolute atomic E-state index is 12.9. The van der Waals surface area contributed by atoms with Gasteiger partial charge in [0.05, 0.1) is 14.2 Å². The lowest BCUT2D eigenvalue weighted by Gasteiger charge is -2.13. The van der Waals surface area contributed by atoms with E-state index in [2.05, 4.69) is 15.6 Å². The lowest BCUT2D eigenvalue weighted by molar-refractivity contribution is -0.113. The molecule has 8 nitrogen and oxygen atoms in total. The van der Waals surface area contributed by atoms with Crippen LogP contribution in [-0.4, -0.2) is 36.1 Å². The van der Waals surface area contributed by atoms with E-state index in [9.17, 15) is 14.7 Å². The summed E-state index contributed by atoms with van der Waals surface area (Å²) in [7, 11) is 2.97. The van der Waals surface area contributed by atoms with Gasteiger partial charge in [0.15, 0.2) is 11.5 Å². The van der Waals surface area contributed by atoms with E-state index < -0.39 is 11.8 Å². The molecule has 1 heterocycles. The summed E-state index contributed by atoms with van der Waals surface area (Å²) >= 11 is 0. The highest BCUT2D eigenvalue weighted by molar-refractivity contribution is 6.10. The van der Waals surface area contributed by atoms with Crippen molar-refractivity contribution in [2.45, 2.75) is 0 Å². The van der Waals surface area contributed by atoms with Gasteiger partial charge in [-0.2, -0.15) is 0 Å². The first-order chi connectivity index (χ1) is 15.0. The summed E-state index contributed by atoms with van der Waals surface area (Å²) in [5, 5.41) is 14.9. The average molecular weight is 419 g/mol. The molecule has 0 saturated carbocycles. The molecule has 0 bridgehead atoms. The van der Waals surface area contributed by atoms with E-state index >= 15 is 0 Å². The Bertz CT molecular complexity index is 1110. The molecule has 0 radical (unpaired) electrons. The predicted molar refractivity (Wildman–Crippen MR) is 116 cm³/mol. The van der Waals surface area contributed by atoms with E-state index in [4.69, 9.17) is 9.47 Å². The van der Waals surface area contributed by atoms with Crippen LogP contribution in [0.2, 0.25) is 0 Å². The SMILES string of the molecule is COc1ccc(C(=O)NC(=Cc2cccnc2)C(=O)Nc2cccc(O)c2)cc1OC. The topological polar surface area (TPSA) is 110 Å². The van der Waals surface area contributed by atoms with Crippen LogP contribution in [0.25, 0.3) is 6.08 Å². The number of benzene rings is 2. The van der Waals surface area contributed by atoms with Gasteiger partial charge >= 0.3 is 0 Å². The number of hydrogen-bond donors (Lipinski definition) is 3. The first-order valence-corrected chi connectivity index (χ1v) is 9.25. The van der Waals surface area contributed by atoms with Crippen molar-refractivity contribution in [3.63, 3.8) is 0 Å². The third-order valence-electron chi connectivity index (χ3n) is 4.24. The first-order valence-electron chi connectivity index (χ1n) is 9.25. The van der Waals surface area contributed by atoms with Crippen molar-refractivity contribution >= 4 is 23.6 Å². The highest BCUT2D eigenvalue weighted by atomic mass is 16.5. The van der Waals surface area contributed by atoms with Crippen LogP contribution in [-0.2, 0) is 4.79 Å². The van der Waals surface area contributed by atoms with Gasteiger partial charge in [-0.15, -0.1) is 0 Å². The van der Waals surface area contributed by atoms with Crippen LogP contribution in [0.1, 0.15) is 15.9 Å². The Morgan fingerprint density at radius 3 is 2.48 bits per heavy atom. The maximum Gasteiger partial charge on any atom is 0.272 e. The van der Waals surface area contributed by atoms with Crippen molar-refractivity contribution in [1.82, 2.24) is 10.3 Å². The van der Waals surface area contributed by atoms with Crippen molar-refractivity contribution in [2.24, 2.45) is 0 Å². The third kappa shape index (κ3) is 5.60. The molecule has 0 aliphatic carbocycles. The van der Waals surface area contributed by atoms with Crippen molar-refractivity contribution < 1.29 is 24.2 Å². The van der Waals surface area contributed by atoms with Gasteiger partial charge in [-0.25, -0.2) is 0 Å². The van der Waals surface area contributed by atoms with Crippen LogP contribution in [0, 0.1) is 0 Å². The Hall–Kier alpha value is -4.33. The lowest BCUT2D eigenvalue weighted by Crippen LogP contribution is -2.30. The number of aromatic nitrogens is 1. The fourth-order valence-corrected chi connectivity index (χ4v) is 2.74. The number of carbonyl (C=O) groups excluding carboxylic acids is 2. The fraction of sp³-hybridized carbons (Fsp3) is 0.0870. The Morgan fingerprint density at radius 2 is 1.81 bits per heavy atom. The molecule has 3 N–H and O–H groups in total. The van der Waals surface area contributed by atoms with Crippen LogP contribution < -0.4 is 20.1 Å². The minimum atomic E-state index is -0.566. The molecule has 8 heteroatoms. The number of carbonyl (C=O) groups is 2. The number of nitrogens with zero attached hydrogens (tertiary/aromatic N) is 1. The van der Waals surface area contributed by atoms with Crippen LogP contribution in [0.15, 0.2) is 72.7 Å². The Labute approximate surface area is 179 Å². The molecule has 0 saturated heterocycles. The number of rotatable bonds is 7. The normalized spacial score (nSPS) is 10.8. The van der Waals surface area contributed by atoms with Gasteiger partial charge in [0.25, 0.3) is 11.8 Å². The minimum absolute atomic E-state index is 0.00359. The Kier molecular flexibility index (Phi) is 6.85. The number of nitrogens with one attached hydrogen (secondary N) is 2. The zero-order valence-corrected chi connectivity index (χ0v) is 17.0. The standard InChI is InChI=1S/C23H21N3O5/c1-30-20-9-8-16(12-21(20)31-2)22(28)26-19(11-15-5-4-10-24-14-15)23(29)25-17-6-3-7-18(27)13-17/h3-14,27H,1-2H3,(H,25,29)(H,26,28). The van der Waals surface area contributed by atoms with E-state index in [-0.39, 0.29) is 17.0 Å². The van der Waals surface area contributed by atoms with Crippen molar-refractivity contribution in [3.05, 3.63) is 83.8 Å². The number of hydrogen-bond acceptors (Lipinski definition) is 6. The third-order valence-corrected chi connectivity index (χ3v) is 4.24. The number of amides is 2. The number of phenols is 1. The molecule has 3 aromatic rings. The second kappa shape index (κ2) is 9.93. The van der Waals surface area contributed by atoms with Crippen molar-refractivity contribution in [3.8, 4) is 17.2 Å². The quantitative estimate of drug-likeness (QED) is 0.508. The average Bonchev–Trinajstić information content (AvgIpc) is 2.78. The molecule has 1 aromatic heterocycles. The smallest absolute Gasteiger partial charge is 0.272 e. The highest BCUT2D eigenvalue weighted by Gasteiger charge is 2.17. The molecular weight excluding hydrogens is 398 g/mol. The number of anilines is 1. The van der Waals surface area contributed by atoms with Gasteiger partial charge < -0.3 is 25.2 Å². The molecule has 0 aliphatic rings. The summed E-state index contributed by atoms with van der Waals surface area (Å²) in [6, 6.07) is 14.2. The van der Waals surface area contributed by atoms with E-state index in [1.54, 1.807) is 48.8 Å². The highest BCUT2D eigenvalue weighted by Crippen LogP contribution is 2.27. The van der Waals surface area contributed by atoms with E-state index in [0.29, 0.717) is 22.7 Å². The zero-order valence-electron chi connectivity index (χ0n) is 17.0. The maximum atomic E-state index is 12.9. The number of methoxy groups -OCH3 is 2. The lowest BCUT2D eigenvalue weighted by atomic mass is 10.1. The van der Waals surface area contributed by atoms with Gasteiger partial charge in [-0.3, -0.25) is 14.6 Å². The molecule has 158 valence electrons. The second-order valence-corrected chi connectivity index (χ2v) is 6.37. The fourth-order valence-electron chi connectivity index (χ4n) is 2.74. The molecular formula is C23H21N3O5. The van der Waals surface area contributed by atoms with E-state index in [1.807, 2.05) is 0 Å². The van der Waals surface area contributed by atoms with Gasteiger partial charge in [0.1, 0.15) is 11.4 Å². The van der Waals surface area contributed by atoms with Crippen molar-refractivity contribution in [2.75, 3.05) is 19.5 Å². The Morgan fingerprint density at radius 1 is 1.00 bits per heavy atom. The van der Waals surface area contributed by atoms with Crippen LogP contribution >= 0.6 is 0 Å². The monoisotopic (exact) mass is 419 g/mol. The first kappa shape index (κ1) is 21.4. The van der Waals surface area contributed by atoms with Crippen LogP contribution in [0.4, 0.5) is 5.69 Å². The molecule has 0 aliphatic heterocycles. The summed E-state index contributed by atoms with van der Waals surface area (Å²) in [6.07, 6.45) is 4.67. The van der Waals surface area contributed by atoms with Gasteiger partial charge in [-0.1, -0.05) is 12.1 Å². The molecule has 31 heavy (non-hydrogen) atoms. The summed E-state index contributed by atoms with van der Waals surface area (Å²) in [4.78, 5) is 29.7. The van der Waals surface area contributed by atoms with E-state index in [0.717, 1.165) is 0 Å². The molecule has 2 amide bonds. The largest absolute Gasteiger partial charge is 0.508 e. The number of ether oxygens (including phenoxy) is 2. The van der Waals surface area contributed by atoms with Gasteiger partial charge in [-0.05, 0) is 48.0 Å². The summed E-state index contributed by atoms with van der Waals surface area (Å²) in [6.45, 7) is 0. The Balaban J connectivity index is 1.88. The van der Waals surface area contributed by atoms with Crippen LogP contribution in [0.5, 0.6) is 17.2 Å². The second-order valence-electron chi connectivity index (χ2n) is 6.37. The molecule has 0 fully saturated rings. The minimum Gasteiger partial charge on any atom is -0.508 e. The zero-order chi connectivity index (χ0) is 22.2. The predicted octanol–water partition coefficient (Wildman–Crippen LogP) is 3.21. The molecule has 0 spiro atoms. The molecule has 0 unspecified atom stereocenters. The van der Waals surface area contributed by atoms with E-state index in [1.165, 1.54) is 38.5 Å². The van der Waals surface area contributed by atoms with Crippen LogP contribution in [0.3, 0.4) is 0 Å². The number of pyridine rings is 1. The number of aromatic hydroxyl groups is 1. The number of phenolic OH excluding ortho intramolecular Hbond substituents is 1.